The van der Waals surface area contributed by atoms with Gasteiger partial charge in [0.05, 0.1) is 11.4 Å². The average molecular weight is 415 g/mol. The van der Waals surface area contributed by atoms with Crippen molar-refractivity contribution in [2.75, 3.05) is 4.31 Å². The molecule has 6 nitrogen and oxygen atoms in total. The average Bonchev–Trinajstić information content (AvgIpc) is 3.23. The summed E-state index contributed by atoms with van der Waals surface area (Å²) < 4.78 is 33.9. The van der Waals surface area contributed by atoms with Crippen LogP contribution in [-0.2, 0) is 16.6 Å². The van der Waals surface area contributed by atoms with E-state index < -0.39 is 10.0 Å². The van der Waals surface area contributed by atoms with Gasteiger partial charge in [0.2, 0.25) is 17.5 Å². The number of oxazole rings is 1. The van der Waals surface area contributed by atoms with Crippen LogP contribution in [0.1, 0.15) is 11.3 Å². The third-order valence-electron chi connectivity index (χ3n) is 4.46. The van der Waals surface area contributed by atoms with Gasteiger partial charge in [-0.05, 0) is 29.8 Å². The number of hydrogen-bond donors (Lipinski definition) is 0. The van der Waals surface area contributed by atoms with Gasteiger partial charge in [-0.2, -0.15) is 10.2 Å². The van der Waals surface area contributed by atoms with Gasteiger partial charge in [-0.3, -0.25) is 0 Å². The number of sulfonamides is 1. The number of nitriles is 1. The maximum absolute atomic E-state index is 13.5. The van der Waals surface area contributed by atoms with Gasteiger partial charge in [-0.15, -0.1) is 0 Å². The van der Waals surface area contributed by atoms with Crippen molar-refractivity contribution in [2.24, 2.45) is 0 Å². The minimum atomic E-state index is -4.01. The van der Waals surface area contributed by atoms with Gasteiger partial charge < -0.3 is 4.42 Å². The molecule has 7 heteroatoms. The second kappa shape index (κ2) is 8.23. The molecule has 4 rings (SSSR count). The highest BCUT2D eigenvalue weighted by molar-refractivity contribution is 7.92. The fraction of sp³-hybridized carbons (Fsp3) is 0.0435. The summed E-state index contributed by atoms with van der Waals surface area (Å²) in [6.07, 6.45) is 0. The molecule has 0 bridgehead atoms. The maximum atomic E-state index is 13.5. The Morgan fingerprint density at radius 1 is 0.867 bits per heavy atom. The second-order valence-corrected chi connectivity index (χ2v) is 8.32. The lowest BCUT2D eigenvalue weighted by Gasteiger charge is -2.22. The molecule has 148 valence electrons. The van der Waals surface area contributed by atoms with Crippen molar-refractivity contribution >= 4 is 15.9 Å². The summed E-state index contributed by atoms with van der Waals surface area (Å²) in [5, 5.41) is 9.64. The first kappa shape index (κ1) is 19.4. The minimum Gasteiger partial charge on any atom is -0.418 e. The van der Waals surface area contributed by atoms with Gasteiger partial charge in [0.25, 0.3) is 10.0 Å². The lowest BCUT2D eigenvalue weighted by Crippen LogP contribution is -2.30. The van der Waals surface area contributed by atoms with Crippen LogP contribution in [0.4, 0.5) is 5.88 Å². The van der Waals surface area contributed by atoms with E-state index in [0.29, 0.717) is 5.56 Å². The zero-order valence-corrected chi connectivity index (χ0v) is 16.7. The Morgan fingerprint density at radius 3 is 2.03 bits per heavy atom. The highest BCUT2D eigenvalue weighted by atomic mass is 32.2. The zero-order valence-electron chi connectivity index (χ0n) is 15.8. The van der Waals surface area contributed by atoms with E-state index in [1.54, 1.807) is 30.3 Å². The van der Waals surface area contributed by atoms with Crippen LogP contribution in [0, 0.1) is 11.3 Å². The van der Waals surface area contributed by atoms with Crippen molar-refractivity contribution in [2.45, 2.75) is 11.4 Å². The molecule has 1 aromatic heterocycles. The Morgan fingerprint density at radius 2 is 1.43 bits per heavy atom. The van der Waals surface area contributed by atoms with E-state index in [2.05, 4.69) is 4.98 Å². The largest absolute Gasteiger partial charge is 0.418 e. The van der Waals surface area contributed by atoms with Crippen LogP contribution in [0.3, 0.4) is 0 Å². The second-order valence-electron chi connectivity index (χ2n) is 6.46. The Labute approximate surface area is 174 Å². The lowest BCUT2D eigenvalue weighted by atomic mass is 10.2. The monoisotopic (exact) mass is 415 g/mol. The van der Waals surface area contributed by atoms with E-state index in [0.717, 1.165) is 9.87 Å². The molecule has 0 saturated heterocycles. The van der Waals surface area contributed by atoms with Crippen LogP contribution in [0.25, 0.3) is 11.5 Å². The molecule has 0 aliphatic heterocycles. The highest BCUT2D eigenvalue weighted by Crippen LogP contribution is 2.33. The SMILES string of the molecule is N#Cc1nc(-c2ccccc2)oc1N(Cc1ccccc1)S(=O)(=O)c1ccccc1. The summed E-state index contributed by atoms with van der Waals surface area (Å²) in [6.45, 7) is -0.00380. The van der Waals surface area contributed by atoms with Gasteiger partial charge in [-0.25, -0.2) is 12.7 Å². The van der Waals surface area contributed by atoms with Gasteiger partial charge in [0.15, 0.2) is 0 Å². The van der Waals surface area contributed by atoms with Crippen LogP contribution in [0.15, 0.2) is 100 Å². The molecule has 0 N–H and O–H groups in total. The van der Waals surface area contributed by atoms with E-state index in [1.807, 2.05) is 54.6 Å². The first-order chi connectivity index (χ1) is 14.6. The Bertz CT molecular complexity index is 1280. The molecule has 0 radical (unpaired) electrons. The molecule has 0 aliphatic rings. The number of hydrogen-bond acceptors (Lipinski definition) is 5. The molecule has 0 saturated carbocycles. The van der Waals surface area contributed by atoms with Gasteiger partial charge >= 0.3 is 0 Å². The van der Waals surface area contributed by atoms with Crippen molar-refractivity contribution in [1.82, 2.24) is 4.98 Å². The molecule has 30 heavy (non-hydrogen) atoms. The predicted molar refractivity (Wildman–Crippen MR) is 113 cm³/mol. The molecule has 0 fully saturated rings. The third kappa shape index (κ3) is 3.81. The number of aromatic nitrogens is 1. The summed E-state index contributed by atoms with van der Waals surface area (Å²) in [7, 11) is -4.01. The van der Waals surface area contributed by atoms with Crippen molar-refractivity contribution in [1.29, 1.82) is 5.26 Å². The van der Waals surface area contributed by atoms with Crippen LogP contribution >= 0.6 is 0 Å². The number of rotatable bonds is 6. The number of anilines is 1. The van der Waals surface area contributed by atoms with Gasteiger partial charge in [0, 0.05) is 5.56 Å². The molecule has 0 atom stereocenters. The van der Waals surface area contributed by atoms with E-state index in [9.17, 15) is 13.7 Å². The minimum absolute atomic E-state index is 0.00380. The number of nitrogens with zero attached hydrogens (tertiary/aromatic N) is 3. The Balaban J connectivity index is 1.86. The topological polar surface area (TPSA) is 87.2 Å². The normalized spacial score (nSPS) is 11.0. The van der Waals surface area contributed by atoms with Crippen LogP contribution in [0.2, 0.25) is 0 Å². The predicted octanol–water partition coefficient (Wildman–Crippen LogP) is 4.61. The first-order valence-electron chi connectivity index (χ1n) is 9.17. The van der Waals surface area contributed by atoms with Crippen LogP contribution in [0.5, 0.6) is 0 Å². The fourth-order valence-corrected chi connectivity index (χ4v) is 4.41. The third-order valence-corrected chi connectivity index (χ3v) is 6.21. The lowest BCUT2D eigenvalue weighted by molar-refractivity contribution is 0.554. The standard InChI is InChI=1S/C23H17N3O3S/c24-16-21-23(29-22(25-21)19-12-6-2-7-13-19)26(17-18-10-4-1-5-11-18)30(27,28)20-14-8-3-9-15-20/h1-15H,17H2. The van der Waals surface area contributed by atoms with E-state index in [4.69, 9.17) is 4.42 Å². The molecule has 1 heterocycles. The maximum Gasteiger partial charge on any atom is 0.267 e. The molecule has 0 amide bonds. The Hall–Kier alpha value is -3.89. The summed E-state index contributed by atoms with van der Waals surface area (Å²) in [5.41, 5.74) is 1.31. The number of benzene rings is 3. The van der Waals surface area contributed by atoms with Gasteiger partial charge in [-0.1, -0.05) is 66.7 Å². The zero-order chi connectivity index (χ0) is 21.0. The molecule has 0 spiro atoms. The molecule has 0 aliphatic carbocycles. The summed E-state index contributed by atoms with van der Waals surface area (Å²) in [6, 6.07) is 28.2. The smallest absolute Gasteiger partial charge is 0.267 e. The van der Waals surface area contributed by atoms with E-state index in [1.165, 1.54) is 12.1 Å². The summed E-state index contributed by atoms with van der Waals surface area (Å²) in [5.74, 6) is 0.0764. The van der Waals surface area contributed by atoms with Crippen molar-refractivity contribution in [3.63, 3.8) is 0 Å². The molecule has 4 aromatic rings. The first-order valence-corrected chi connectivity index (χ1v) is 10.6. The van der Waals surface area contributed by atoms with Crippen molar-refractivity contribution in [3.05, 3.63) is 102 Å². The van der Waals surface area contributed by atoms with E-state index >= 15 is 0 Å². The van der Waals surface area contributed by atoms with Crippen LogP contribution < -0.4 is 4.31 Å². The molecule has 0 unspecified atom stereocenters. The fourth-order valence-electron chi connectivity index (χ4n) is 2.99. The van der Waals surface area contributed by atoms with Crippen LogP contribution in [-0.4, -0.2) is 13.4 Å². The molecule has 3 aromatic carbocycles. The Kier molecular flexibility index (Phi) is 5.33. The molecular formula is C23H17N3O3S. The van der Waals surface area contributed by atoms with E-state index in [-0.39, 0.29) is 28.9 Å². The summed E-state index contributed by atoms with van der Waals surface area (Å²) in [4.78, 5) is 4.33. The highest BCUT2D eigenvalue weighted by Gasteiger charge is 2.31. The van der Waals surface area contributed by atoms with Gasteiger partial charge in [0.1, 0.15) is 6.07 Å². The summed E-state index contributed by atoms with van der Waals surface area (Å²) >= 11 is 0. The van der Waals surface area contributed by atoms with Crippen molar-refractivity contribution < 1.29 is 12.8 Å². The van der Waals surface area contributed by atoms with Crippen molar-refractivity contribution in [3.8, 4) is 17.5 Å². The molecular weight excluding hydrogens is 398 g/mol. The quantitative estimate of drug-likeness (QED) is 0.459.